The van der Waals surface area contributed by atoms with E-state index >= 15 is 0 Å². The lowest BCUT2D eigenvalue weighted by Gasteiger charge is -2.10. The maximum absolute atomic E-state index is 12.5. The smallest absolute Gasteiger partial charge is 0.227 e. The average Bonchev–Trinajstić information content (AvgIpc) is 3.07. The third-order valence-corrected chi connectivity index (χ3v) is 4.58. The number of imidazole rings is 1. The van der Waals surface area contributed by atoms with Gasteiger partial charge in [0.05, 0.1) is 18.1 Å². The Labute approximate surface area is 165 Å². The zero-order chi connectivity index (χ0) is 19.8. The van der Waals surface area contributed by atoms with E-state index in [1.54, 1.807) is 7.11 Å². The van der Waals surface area contributed by atoms with E-state index in [0.29, 0.717) is 32.0 Å². The van der Waals surface area contributed by atoms with Crippen LogP contribution in [-0.2, 0) is 22.5 Å². The summed E-state index contributed by atoms with van der Waals surface area (Å²) in [7, 11) is 1.64. The highest BCUT2D eigenvalue weighted by molar-refractivity contribution is 5.91. The van der Waals surface area contributed by atoms with Crippen LogP contribution >= 0.6 is 0 Å². The fourth-order valence-electron chi connectivity index (χ4n) is 3.10. The quantitative estimate of drug-likeness (QED) is 0.538. The third-order valence-electron chi connectivity index (χ3n) is 4.58. The molecule has 3 rings (SSSR count). The van der Waals surface area contributed by atoms with Crippen molar-refractivity contribution in [3.63, 3.8) is 0 Å². The molecule has 28 heavy (non-hydrogen) atoms. The van der Waals surface area contributed by atoms with Crippen LogP contribution in [0.3, 0.4) is 0 Å². The van der Waals surface area contributed by atoms with Gasteiger partial charge in [-0.3, -0.25) is 10.1 Å². The zero-order valence-corrected chi connectivity index (χ0v) is 16.5. The van der Waals surface area contributed by atoms with Gasteiger partial charge in [-0.1, -0.05) is 24.3 Å². The minimum atomic E-state index is -0.0443. The number of benzene rings is 2. The molecule has 0 unspecified atom stereocenters. The largest absolute Gasteiger partial charge is 0.497 e. The second kappa shape index (κ2) is 9.90. The minimum absolute atomic E-state index is 0.0443. The zero-order valence-electron chi connectivity index (χ0n) is 16.5. The summed E-state index contributed by atoms with van der Waals surface area (Å²) in [4.78, 5) is 17.1. The van der Waals surface area contributed by atoms with E-state index in [4.69, 9.17) is 9.47 Å². The van der Waals surface area contributed by atoms with Crippen molar-refractivity contribution in [3.8, 4) is 5.75 Å². The van der Waals surface area contributed by atoms with Crippen LogP contribution in [0.5, 0.6) is 5.75 Å². The molecule has 0 aliphatic heterocycles. The van der Waals surface area contributed by atoms with E-state index in [1.807, 2.05) is 55.5 Å². The summed E-state index contributed by atoms with van der Waals surface area (Å²) in [5.41, 5.74) is 3.00. The number of nitrogens with zero attached hydrogens (tertiary/aromatic N) is 2. The van der Waals surface area contributed by atoms with Crippen LogP contribution in [0.2, 0.25) is 0 Å². The fraction of sp³-hybridized carbons (Fsp3) is 0.364. The number of ether oxygens (including phenoxy) is 2. The number of carbonyl (C=O) groups excluding carboxylic acids is 1. The fourth-order valence-corrected chi connectivity index (χ4v) is 3.10. The van der Waals surface area contributed by atoms with E-state index in [2.05, 4.69) is 14.9 Å². The Morgan fingerprint density at radius 2 is 1.93 bits per heavy atom. The van der Waals surface area contributed by atoms with Gasteiger partial charge in [-0.05, 0) is 49.6 Å². The maximum atomic E-state index is 12.5. The van der Waals surface area contributed by atoms with Crippen LogP contribution < -0.4 is 10.1 Å². The molecule has 1 heterocycles. The molecule has 0 spiro atoms. The predicted molar refractivity (Wildman–Crippen MR) is 111 cm³/mol. The topological polar surface area (TPSA) is 65.4 Å². The lowest BCUT2D eigenvalue weighted by Crippen LogP contribution is -2.17. The van der Waals surface area contributed by atoms with Gasteiger partial charge in [0.15, 0.2) is 0 Å². The Balaban J connectivity index is 1.65. The number of para-hydroxylation sites is 2. The number of aromatic nitrogens is 2. The Hall–Kier alpha value is -2.86. The second-order valence-electron chi connectivity index (χ2n) is 6.52. The third kappa shape index (κ3) is 5.10. The normalized spacial score (nSPS) is 10.9. The molecule has 0 radical (unpaired) electrons. The van der Waals surface area contributed by atoms with Crippen molar-refractivity contribution in [2.75, 3.05) is 25.6 Å². The lowest BCUT2D eigenvalue weighted by molar-refractivity contribution is -0.116. The van der Waals surface area contributed by atoms with Crippen LogP contribution in [0.15, 0.2) is 48.5 Å². The molecule has 6 nitrogen and oxygen atoms in total. The average molecular weight is 381 g/mol. The Morgan fingerprint density at radius 3 is 2.68 bits per heavy atom. The molecule has 1 amide bonds. The summed E-state index contributed by atoms with van der Waals surface area (Å²) in [6, 6.07) is 15.7. The highest BCUT2D eigenvalue weighted by Gasteiger charge is 2.13. The summed E-state index contributed by atoms with van der Waals surface area (Å²) in [6.45, 7) is 4.13. The van der Waals surface area contributed by atoms with Crippen molar-refractivity contribution >= 4 is 22.9 Å². The molecule has 1 aromatic heterocycles. The van der Waals surface area contributed by atoms with Crippen LogP contribution in [0.4, 0.5) is 5.95 Å². The van der Waals surface area contributed by atoms with Crippen LogP contribution in [0.1, 0.15) is 25.3 Å². The summed E-state index contributed by atoms with van der Waals surface area (Å²) < 4.78 is 12.7. The number of rotatable bonds is 10. The van der Waals surface area contributed by atoms with Gasteiger partial charge >= 0.3 is 0 Å². The van der Waals surface area contributed by atoms with Crippen LogP contribution in [0.25, 0.3) is 11.0 Å². The number of hydrogen-bond donors (Lipinski definition) is 1. The van der Waals surface area contributed by atoms with Gasteiger partial charge in [-0.2, -0.15) is 0 Å². The van der Waals surface area contributed by atoms with Crippen molar-refractivity contribution in [1.82, 2.24) is 9.55 Å². The lowest BCUT2D eigenvalue weighted by atomic mass is 10.1. The number of aryl methyl sites for hydroxylation is 2. The number of fused-ring (bicyclic) bond motifs is 1. The molecule has 0 aliphatic carbocycles. The van der Waals surface area contributed by atoms with E-state index < -0.39 is 0 Å². The van der Waals surface area contributed by atoms with Crippen molar-refractivity contribution in [3.05, 3.63) is 54.1 Å². The summed E-state index contributed by atoms with van der Waals surface area (Å²) >= 11 is 0. The highest BCUT2D eigenvalue weighted by Crippen LogP contribution is 2.20. The Bertz CT molecular complexity index is 903. The molecule has 1 N–H and O–H groups in total. The van der Waals surface area contributed by atoms with Crippen LogP contribution in [-0.4, -0.2) is 35.8 Å². The van der Waals surface area contributed by atoms with E-state index in [-0.39, 0.29) is 5.91 Å². The number of anilines is 1. The minimum Gasteiger partial charge on any atom is -0.497 e. The van der Waals surface area contributed by atoms with Gasteiger partial charge in [0.2, 0.25) is 11.9 Å². The van der Waals surface area contributed by atoms with Gasteiger partial charge < -0.3 is 14.0 Å². The van der Waals surface area contributed by atoms with Crippen molar-refractivity contribution < 1.29 is 14.3 Å². The molecule has 2 aromatic carbocycles. The molecule has 0 saturated heterocycles. The number of hydrogen-bond acceptors (Lipinski definition) is 4. The van der Waals surface area contributed by atoms with Gasteiger partial charge in [0.1, 0.15) is 5.75 Å². The SMILES string of the molecule is CCOCCCn1c(NC(=O)CCc2ccc(OC)cc2)nc2ccccc21. The molecule has 0 aliphatic rings. The Morgan fingerprint density at radius 1 is 1.14 bits per heavy atom. The standard InChI is InChI=1S/C22H27N3O3/c1-3-28-16-6-15-25-20-8-5-4-7-19(20)23-22(25)24-21(26)14-11-17-9-12-18(27-2)13-10-17/h4-5,7-10,12-13H,3,6,11,14-16H2,1-2H3,(H,23,24,26). The summed E-state index contributed by atoms with van der Waals surface area (Å²) in [5.74, 6) is 1.36. The first-order chi connectivity index (χ1) is 13.7. The first-order valence-corrected chi connectivity index (χ1v) is 9.67. The van der Waals surface area contributed by atoms with E-state index in [0.717, 1.165) is 35.3 Å². The van der Waals surface area contributed by atoms with Crippen LogP contribution in [0, 0.1) is 0 Å². The predicted octanol–water partition coefficient (Wildman–Crippen LogP) is 4.04. The summed E-state index contributed by atoms with van der Waals surface area (Å²) in [6.07, 6.45) is 1.93. The first kappa shape index (κ1) is 19.9. The number of nitrogens with one attached hydrogen (secondary N) is 1. The molecular weight excluding hydrogens is 354 g/mol. The molecule has 3 aromatic rings. The van der Waals surface area contributed by atoms with Gasteiger partial charge in [-0.25, -0.2) is 4.98 Å². The summed E-state index contributed by atoms with van der Waals surface area (Å²) in [5, 5.41) is 2.98. The number of carbonyl (C=O) groups is 1. The molecule has 0 atom stereocenters. The first-order valence-electron chi connectivity index (χ1n) is 9.67. The molecule has 6 heteroatoms. The van der Waals surface area contributed by atoms with Gasteiger partial charge in [0, 0.05) is 26.2 Å². The number of methoxy groups -OCH3 is 1. The van der Waals surface area contributed by atoms with Gasteiger partial charge in [0.25, 0.3) is 0 Å². The second-order valence-corrected chi connectivity index (χ2v) is 6.52. The monoisotopic (exact) mass is 381 g/mol. The molecule has 0 fully saturated rings. The Kier molecular flexibility index (Phi) is 7.03. The van der Waals surface area contributed by atoms with E-state index in [9.17, 15) is 4.79 Å². The van der Waals surface area contributed by atoms with Gasteiger partial charge in [-0.15, -0.1) is 0 Å². The molecular formula is C22H27N3O3. The molecule has 0 saturated carbocycles. The van der Waals surface area contributed by atoms with Crippen molar-refractivity contribution in [1.29, 1.82) is 0 Å². The van der Waals surface area contributed by atoms with E-state index in [1.165, 1.54) is 0 Å². The van der Waals surface area contributed by atoms with Crippen molar-refractivity contribution in [2.45, 2.75) is 32.7 Å². The molecule has 0 bridgehead atoms. The highest BCUT2D eigenvalue weighted by atomic mass is 16.5. The molecule has 148 valence electrons. The van der Waals surface area contributed by atoms with Crippen molar-refractivity contribution in [2.24, 2.45) is 0 Å². The number of amides is 1. The maximum Gasteiger partial charge on any atom is 0.227 e.